The molecule has 0 saturated carbocycles. The van der Waals surface area contributed by atoms with Crippen LogP contribution in [0.4, 0.5) is 5.69 Å². The fraction of sp³-hybridized carbons (Fsp3) is 0.483. The van der Waals surface area contributed by atoms with Gasteiger partial charge in [0.15, 0.2) is 0 Å². The van der Waals surface area contributed by atoms with Crippen LogP contribution in [0.15, 0.2) is 53.0 Å². The number of ether oxygens (including phenoxy) is 1. The van der Waals surface area contributed by atoms with Gasteiger partial charge in [0.05, 0.1) is 12.1 Å². The molecule has 2 aromatic carbocycles. The number of nitrogens with one attached hydrogen (secondary N) is 1. The minimum Gasteiger partial charge on any atom is -0.459 e. The molecule has 38 heavy (non-hydrogen) atoms. The van der Waals surface area contributed by atoms with E-state index in [2.05, 4.69) is 42.0 Å². The van der Waals surface area contributed by atoms with E-state index in [0.717, 1.165) is 46.9 Å². The normalized spacial score (nSPS) is 18.2. The Morgan fingerprint density at radius 3 is 2.58 bits per heavy atom. The molecule has 3 N–H and O–H groups in total. The highest BCUT2D eigenvalue weighted by molar-refractivity contribution is 9.10. The van der Waals surface area contributed by atoms with E-state index in [4.69, 9.17) is 15.5 Å². The SMILES string of the molecule is CCCCCC[C@H](Nc1ccccc1)C(=O)N1C[C@H](Oc2nc3c(Br)cccc3n2C(C)C)C[C@H]1C(N)=O. The lowest BCUT2D eigenvalue weighted by molar-refractivity contribution is -0.138. The van der Waals surface area contributed by atoms with Crippen molar-refractivity contribution in [2.75, 3.05) is 11.9 Å². The average molecular weight is 585 g/mol. The zero-order valence-corrected chi connectivity index (χ0v) is 24.0. The van der Waals surface area contributed by atoms with Crippen LogP contribution >= 0.6 is 15.9 Å². The van der Waals surface area contributed by atoms with E-state index in [9.17, 15) is 9.59 Å². The Labute approximate surface area is 233 Å². The Bertz CT molecular complexity index is 1250. The highest BCUT2D eigenvalue weighted by atomic mass is 79.9. The summed E-state index contributed by atoms with van der Waals surface area (Å²) >= 11 is 3.58. The van der Waals surface area contributed by atoms with Gasteiger partial charge in [-0.1, -0.05) is 56.9 Å². The Morgan fingerprint density at radius 1 is 1.13 bits per heavy atom. The first-order chi connectivity index (χ1) is 18.3. The number of unbranched alkanes of at least 4 members (excludes halogenated alkanes) is 3. The lowest BCUT2D eigenvalue weighted by Crippen LogP contribution is -2.49. The third-order valence-electron chi connectivity index (χ3n) is 7.06. The third-order valence-corrected chi connectivity index (χ3v) is 7.70. The monoisotopic (exact) mass is 583 g/mol. The number of primary amides is 1. The number of amides is 2. The molecule has 0 bridgehead atoms. The molecule has 9 heteroatoms. The Balaban J connectivity index is 1.55. The van der Waals surface area contributed by atoms with Crippen molar-refractivity contribution in [1.82, 2.24) is 14.5 Å². The van der Waals surface area contributed by atoms with E-state index in [-0.39, 0.29) is 18.5 Å². The number of likely N-dealkylation sites (tertiary alicyclic amines) is 1. The summed E-state index contributed by atoms with van der Waals surface area (Å²) in [7, 11) is 0. The molecule has 3 atom stereocenters. The number of benzene rings is 2. The fourth-order valence-corrected chi connectivity index (χ4v) is 5.60. The van der Waals surface area contributed by atoms with Crippen molar-refractivity contribution in [2.45, 2.75) is 83.5 Å². The van der Waals surface area contributed by atoms with Gasteiger partial charge in [-0.2, -0.15) is 4.98 Å². The van der Waals surface area contributed by atoms with Gasteiger partial charge in [0.25, 0.3) is 6.01 Å². The van der Waals surface area contributed by atoms with Gasteiger partial charge in [-0.3, -0.25) is 14.2 Å². The molecule has 0 unspecified atom stereocenters. The van der Waals surface area contributed by atoms with Crippen LogP contribution in [0.25, 0.3) is 11.0 Å². The minimum absolute atomic E-state index is 0.109. The van der Waals surface area contributed by atoms with Crippen LogP contribution in [0.3, 0.4) is 0 Å². The standard InChI is InChI=1S/C29H38BrN5O3/c1-4-5-6-10-15-23(32-20-12-8-7-9-13-20)28(37)34-18-21(17-25(34)27(31)36)38-29-33-26-22(30)14-11-16-24(26)35(29)19(2)3/h7-9,11-14,16,19,21,23,25,32H,4-6,10,15,17-18H2,1-3H3,(H2,31,36)/t21-,23+,25+/m1/s1. The molecule has 1 aliphatic heterocycles. The number of carbonyl (C=O) groups is 2. The summed E-state index contributed by atoms with van der Waals surface area (Å²) in [6, 6.07) is 15.0. The molecule has 1 saturated heterocycles. The Morgan fingerprint density at radius 2 is 1.89 bits per heavy atom. The molecule has 1 aromatic heterocycles. The summed E-state index contributed by atoms with van der Waals surface area (Å²) in [5.41, 5.74) is 8.44. The number of fused-ring (bicyclic) bond motifs is 1. The summed E-state index contributed by atoms with van der Waals surface area (Å²) in [5, 5.41) is 3.40. The third kappa shape index (κ3) is 6.31. The molecule has 1 fully saturated rings. The minimum atomic E-state index is -0.730. The van der Waals surface area contributed by atoms with Crippen LogP contribution in [0.1, 0.15) is 65.3 Å². The molecule has 2 heterocycles. The van der Waals surface area contributed by atoms with Crippen LogP contribution in [-0.4, -0.2) is 51.0 Å². The number of carbonyl (C=O) groups excluding carboxylic acids is 2. The van der Waals surface area contributed by atoms with Gasteiger partial charge in [-0.05, 0) is 60.5 Å². The summed E-state index contributed by atoms with van der Waals surface area (Å²) in [5.74, 6) is -0.644. The number of anilines is 1. The topological polar surface area (TPSA) is 102 Å². The summed E-state index contributed by atoms with van der Waals surface area (Å²) in [6.07, 6.45) is 4.84. The van der Waals surface area contributed by atoms with E-state index in [1.54, 1.807) is 4.90 Å². The van der Waals surface area contributed by atoms with E-state index in [1.165, 1.54) is 0 Å². The first-order valence-electron chi connectivity index (χ1n) is 13.5. The number of rotatable bonds is 12. The average Bonchev–Trinajstić information content (AvgIpc) is 3.49. The number of hydrogen-bond acceptors (Lipinski definition) is 5. The molecular formula is C29H38BrN5O3. The van der Waals surface area contributed by atoms with Crippen molar-refractivity contribution in [1.29, 1.82) is 0 Å². The summed E-state index contributed by atoms with van der Waals surface area (Å²) < 4.78 is 9.31. The van der Waals surface area contributed by atoms with Crippen molar-refractivity contribution in [3.63, 3.8) is 0 Å². The molecule has 0 radical (unpaired) electrons. The fourth-order valence-electron chi connectivity index (χ4n) is 5.16. The molecular weight excluding hydrogens is 546 g/mol. The van der Waals surface area contributed by atoms with Gasteiger partial charge in [-0.25, -0.2) is 0 Å². The second-order valence-electron chi connectivity index (χ2n) is 10.3. The maximum absolute atomic E-state index is 13.9. The first-order valence-corrected chi connectivity index (χ1v) is 14.3. The molecule has 4 rings (SSSR count). The second kappa shape index (κ2) is 12.7. The van der Waals surface area contributed by atoms with Crippen LogP contribution in [0.2, 0.25) is 0 Å². The predicted molar refractivity (Wildman–Crippen MR) is 154 cm³/mol. The molecule has 2 amide bonds. The van der Waals surface area contributed by atoms with Crippen molar-refractivity contribution >= 4 is 44.5 Å². The van der Waals surface area contributed by atoms with Crippen molar-refractivity contribution in [2.24, 2.45) is 5.73 Å². The van der Waals surface area contributed by atoms with Gasteiger partial charge in [0.2, 0.25) is 11.8 Å². The number of nitrogens with zero attached hydrogens (tertiary/aromatic N) is 3. The number of aromatic nitrogens is 2. The van der Waals surface area contributed by atoms with Gasteiger partial charge < -0.3 is 20.7 Å². The maximum atomic E-state index is 13.9. The van der Waals surface area contributed by atoms with Crippen molar-refractivity contribution in [3.05, 3.63) is 53.0 Å². The quantitative estimate of drug-likeness (QED) is 0.268. The Kier molecular flexibility index (Phi) is 9.31. The van der Waals surface area contributed by atoms with E-state index < -0.39 is 24.1 Å². The number of imidazole rings is 1. The van der Waals surface area contributed by atoms with Gasteiger partial charge in [0.1, 0.15) is 23.7 Å². The molecule has 3 aromatic rings. The smallest absolute Gasteiger partial charge is 0.297 e. The molecule has 1 aliphatic rings. The number of hydrogen-bond donors (Lipinski definition) is 2. The van der Waals surface area contributed by atoms with Gasteiger partial charge in [0, 0.05) is 22.6 Å². The molecule has 204 valence electrons. The van der Waals surface area contributed by atoms with Crippen LogP contribution < -0.4 is 15.8 Å². The number of nitrogens with two attached hydrogens (primary N) is 1. The highest BCUT2D eigenvalue weighted by Gasteiger charge is 2.42. The summed E-state index contributed by atoms with van der Waals surface area (Å²) in [6.45, 7) is 6.59. The first kappa shape index (κ1) is 28.0. The zero-order chi connectivity index (χ0) is 27.2. The van der Waals surface area contributed by atoms with E-state index in [0.29, 0.717) is 18.9 Å². The maximum Gasteiger partial charge on any atom is 0.297 e. The highest BCUT2D eigenvalue weighted by Crippen LogP contribution is 2.33. The second-order valence-corrected chi connectivity index (χ2v) is 11.1. The Hall–Kier alpha value is -3.07. The number of halogens is 1. The van der Waals surface area contributed by atoms with Crippen LogP contribution in [0, 0.1) is 0 Å². The predicted octanol–water partition coefficient (Wildman–Crippen LogP) is 5.66. The number of para-hydroxylation sites is 2. The van der Waals surface area contributed by atoms with Crippen LogP contribution in [-0.2, 0) is 9.59 Å². The van der Waals surface area contributed by atoms with E-state index >= 15 is 0 Å². The largest absolute Gasteiger partial charge is 0.459 e. The lowest BCUT2D eigenvalue weighted by atomic mass is 10.0. The van der Waals surface area contributed by atoms with Gasteiger partial charge in [-0.15, -0.1) is 0 Å². The van der Waals surface area contributed by atoms with Crippen molar-refractivity contribution in [3.8, 4) is 6.01 Å². The van der Waals surface area contributed by atoms with Crippen LogP contribution in [0.5, 0.6) is 6.01 Å². The lowest BCUT2D eigenvalue weighted by Gasteiger charge is -2.28. The van der Waals surface area contributed by atoms with Gasteiger partial charge >= 0.3 is 0 Å². The zero-order valence-electron chi connectivity index (χ0n) is 22.4. The van der Waals surface area contributed by atoms with E-state index in [1.807, 2.05) is 53.1 Å². The molecule has 0 aliphatic carbocycles. The van der Waals surface area contributed by atoms with Crippen molar-refractivity contribution < 1.29 is 14.3 Å². The summed E-state index contributed by atoms with van der Waals surface area (Å²) in [4.78, 5) is 32.7. The molecule has 0 spiro atoms. The molecule has 8 nitrogen and oxygen atoms in total.